The number of piperidine rings is 1. The van der Waals surface area contributed by atoms with Crippen LogP contribution in [0.3, 0.4) is 0 Å². The number of hydrogen-bond donors (Lipinski definition) is 0. The Balaban J connectivity index is 0.000000924. The number of nitrogens with zero attached hydrogens (tertiary/aromatic N) is 2. The predicted molar refractivity (Wildman–Crippen MR) is 77.3 cm³/mol. The van der Waals surface area contributed by atoms with Crippen LogP contribution in [0.2, 0.25) is 0 Å². The van der Waals surface area contributed by atoms with Gasteiger partial charge in [-0.2, -0.15) is 9.27 Å². The quantitative estimate of drug-likeness (QED) is 0.531. The number of Topliss-reactive ketones (excluding diaryl/α,β-unsaturated/α-hetero) is 1. The van der Waals surface area contributed by atoms with Gasteiger partial charge in [0.1, 0.15) is 0 Å². The number of amides is 2. The fourth-order valence-corrected chi connectivity index (χ4v) is 3.91. The molecule has 2 aliphatic heterocycles. The average molecular weight is 345 g/mol. The monoisotopic (exact) mass is 345 g/mol. The highest BCUT2D eigenvalue weighted by molar-refractivity contribution is 7.44. The molecule has 8 nitrogen and oxygen atoms in total. The molecule has 23 heavy (non-hydrogen) atoms. The van der Waals surface area contributed by atoms with Gasteiger partial charge in [0.05, 0.1) is 12.1 Å². The first-order valence-corrected chi connectivity index (χ1v) is 8.30. The molecule has 3 aliphatic rings. The van der Waals surface area contributed by atoms with Gasteiger partial charge in [-0.25, -0.2) is 4.79 Å². The third-order valence-corrected chi connectivity index (χ3v) is 5.02. The summed E-state index contributed by atoms with van der Waals surface area (Å²) in [5.41, 5.74) is 0. The SMILES string of the molecule is O=C(CC1CCCCC1)[C@@H]1CC[C@@H]2CN1C(=O)N2OO[O-].O=S. The van der Waals surface area contributed by atoms with Crippen LogP contribution in [0.5, 0.6) is 0 Å². The number of urea groups is 1. The van der Waals surface area contributed by atoms with Crippen molar-refractivity contribution in [1.29, 1.82) is 0 Å². The minimum Gasteiger partial charge on any atom is -0.690 e. The van der Waals surface area contributed by atoms with Gasteiger partial charge in [0.15, 0.2) is 18.3 Å². The van der Waals surface area contributed by atoms with Crippen LogP contribution in [-0.4, -0.2) is 44.6 Å². The first kappa shape index (κ1) is 18.2. The first-order chi connectivity index (χ1) is 11.2. The topological polar surface area (TPSA) is 99.2 Å². The number of rotatable bonds is 5. The number of carbonyl (C=O) groups excluding carboxylic acids is 2. The molecule has 3 rings (SSSR count). The normalized spacial score (nSPS) is 27.6. The zero-order valence-corrected chi connectivity index (χ0v) is 13.7. The number of fused-ring (bicyclic) bond motifs is 2. The van der Waals surface area contributed by atoms with E-state index in [2.05, 4.69) is 22.6 Å². The first-order valence-electron chi connectivity index (χ1n) is 7.96. The average Bonchev–Trinajstić information content (AvgIpc) is 2.83. The predicted octanol–water partition coefficient (Wildman–Crippen LogP) is 0.597. The van der Waals surface area contributed by atoms with Gasteiger partial charge in [-0.1, -0.05) is 32.1 Å². The third-order valence-electron chi connectivity index (χ3n) is 5.02. The van der Waals surface area contributed by atoms with E-state index in [-0.39, 0.29) is 17.9 Å². The molecule has 0 aromatic rings. The second-order valence-electron chi connectivity index (χ2n) is 6.32. The van der Waals surface area contributed by atoms with Crippen LogP contribution in [0.1, 0.15) is 51.4 Å². The van der Waals surface area contributed by atoms with Gasteiger partial charge < -0.3 is 10.2 Å². The van der Waals surface area contributed by atoms with Crippen LogP contribution in [-0.2, 0) is 27.4 Å². The highest BCUT2D eigenvalue weighted by Crippen LogP contribution is 2.33. The summed E-state index contributed by atoms with van der Waals surface area (Å²) in [6.07, 6.45) is 7.78. The van der Waals surface area contributed by atoms with Crippen molar-refractivity contribution >= 4 is 24.3 Å². The van der Waals surface area contributed by atoms with E-state index in [1.54, 1.807) is 0 Å². The number of carbonyl (C=O) groups is 2. The van der Waals surface area contributed by atoms with E-state index in [0.717, 1.165) is 17.9 Å². The zero-order valence-electron chi connectivity index (χ0n) is 12.8. The van der Waals surface area contributed by atoms with Gasteiger partial charge >= 0.3 is 6.03 Å². The van der Waals surface area contributed by atoms with Crippen molar-refractivity contribution in [2.75, 3.05) is 6.54 Å². The van der Waals surface area contributed by atoms with E-state index in [9.17, 15) is 14.8 Å². The molecule has 2 amide bonds. The maximum atomic E-state index is 12.5. The summed E-state index contributed by atoms with van der Waals surface area (Å²) >= 11 is 2.83. The van der Waals surface area contributed by atoms with Crippen LogP contribution in [0.25, 0.3) is 0 Å². The Labute approximate surface area is 140 Å². The molecule has 0 radical (unpaired) electrons. The summed E-state index contributed by atoms with van der Waals surface area (Å²) in [7, 11) is 0. The highest BCUT2D eigenvalue weighted by Gasteiger charge is 2.48. The lowest BCUT2D eigenvalue weighted by Gasteiger charge is -2.31. The standard InChI is InChI=1S/C14H22N2O5.OS/c17-13(8-10-4-2-1-3-5-10)12-7-6-11-9-15(12)14(18)16(11)20-21-19;1-2/h10-12,19H,1-9H2;/p-1/t11-,12+;/m1./s1. The lowest BCUT2D eigenvalue weighted by Crippen LogP contribution is -2.45. The summed E-state index contributed by atoms with van der Waals surface area (Å²) < 4.78 is 7.83. The minimum absolute atomic E-state index is 0.151. The van der Waals surface area contributed by atoms with Crippen molar-refractivity contribution in [3.63, 3.8) is 0 Å². The molecule has 3 fully saturated rings. The van der Waals surface area contributed by atoms with E-state index in [0.29, 0.717) is 31.7 Å². The fourth-order valence-electron chi connectivity index (χ4n) is 3.91. The molecule has 0 unspecified atom stereocenters. The Hall–Kier alpha value is -1.16. The van der Waals surface area contributed by atoms with Crippen molar-refractivity contribution < 1.29 is 29.1 Å². The van der Waals surface area contributed by atoms with E-state index >= 15 is 0 Å². The molecule has 9 heteroatoms. The Bertz CT molecular complexity index is 431. The van der Waals surface area contributed by atoms with Crippen molar-refractivity contribution in [1.82, 2.24) is 9.96 Å². The van der Waals surface area contributed by atoms with E-state index in [1.165, 1.54) is 24.2 Å². The second kappa shape index (κ2) is 8.62. The molecule has 2 heterocycles. The summed E-state index contributed by atoms with van der Waals surface area (Å²) in [6, 6.07) is -0.989. The van der Waals surface area contributed by atoms with Crippen LogP contribution in [0.4, 0.5) is 4.79 Å². The smallest absolute Gasteiger partial charge is 0.347 e. The van der Waals surface area contributed by atoms with E-state index < -0.39 is 6.03 Å². The van der Waals surface area contributed by atoms with Crippen molar-refractivity contribution in [2.45, 2.75) is 63.5 Å². The lowest BCUT2D eigenvalue weighted by atomic mass is 9.83. The Morgan fingerprint density at radius 3 is 2.52 bits per heavy atom. The number of ketones is 1. The Kier molecular flexibility index (Phi) is 6.82. The summed E-state index contributed by atoms with van der Waals surface area (Å²) in [4.78, 5) is 30.6. The van der Waals surface area contributed by atoms with E-state index in [4.69, 9.17) is 4.21 Å². The van der Waals surface area contributed by atoms with Crippen LogP contribution in [0, 0.1) is 5.92 Å². The van der Waals surface area contributed by atoms with Crippen LogP contribution >= 0.6 is 0 Å². The fraction of sp³-hybridized carbons (Fsp3) is 0.857. The molecule has 2 atom stereocenters. The maximum absolute atomic E-state index is 12.5. The molecular formula is C14H21N2O6S-. The molecular weight excluding hydrogens is 324 g/mol. The summed E-state index contributed by atoms with van der Waals surface area (Å²) in [5, 5.41) is 14.4. The van der Waals surface area contributed by atoms with Crippen molar-refractivity contribution in [3.8, 4) is 0 Å². The van der Waals surface area contributed by atoms with Gasteiger partial charge in [-0.05, 0) is 18.8 Å². The van der Waals surface area contributed by atoms with Gasteiger partial charge in [0, 0.05) is 13.0 Å². The molecule has 0 spiro atoms. The molecule has 130 valence electrons. The Morgan fingerprint density at radius 2 is 1.87 bits per heavy atom. The van der Waals surface area contributed by atoms with Gasteiger partial charge in [0.25, 0.3) is 0 Å². The van der Waals surface area contributed by atoms with Crippen molar-refractivity contribution in [2.24, 2.45) is 5.92 Å². The maximum Gasteiger partial charge on any atom is 0.347 e. The summed E-state index contributed by atoms with van der Waals surface area (Å²) in [6.45, 7) is 0.434. The van der Waals surface area contributed by atoms with Gasteiger partial charge in [0.2, 0.25) is 0 Å². The molecule has 1 saturated carbocycles. The number of hydrogen-bond acceptors (Lipinski definition) is 7. The highest BCUT2D eigenvalue weighted by atomic mass is 32.1. The molecule has 1 aliphatic carbocycles. The molecule has 0 aromatic heterocycles. The zero-order chi connectivity index (χ0) is 16.8. The van der Waals surface area contributed by atoms with Crippen molar-refractivity contribution in [3.05, 3.63) is 0 Å². The molecule has 0 aromatic carbocycles. The van der Waals surface area contributed by atoms with Crippen LogP contribution < -0.4 is 5.26 Å². The second-order valence-corrected chi connectivity index (χ2v) is 6.32. The van der Waals surface area contributed by atoms with E-state index in [1.807, 2.05) is 0 Å². The minimum atomic E-state index is -0.435. The lowest BCUT2D eigenvalue weighted by molar-refractivity contribution is -0.823. The van der Waals surface area contributed by atoms with Gasteiger partial charge in [-0.15, -0.1) is 4.99 Å². The Morgan fingerprint density at radius 1 is 1.17 bits per heavy atom. The van der Waals surface area contributed by atoms with Gasteiger partial charge in [-0.3, -0.25) is 9.83 Å². The largest absolute Gasteiger partial charge is 0.690 e. The molecule has 2 bridgehead atoms. The third kappa shape index (κ3) is 4.03. The van der Waals surface area contributed by atoms with Crippen LogP contribution in [0.15, 0.2) is 0 Å². The molecule has 0 N–H and O–H groups in total. The number of hydroxylamine groups is 2. The summed E-state index contributed by atoms with van der Waals surface area (Å²) in [5.74, 6) is 0.623. The molecule has 2 saturated heterocycles.